The number of carboxylic acids is 1. The zero-order chi connectivity index (χ0) is 14.6. The van der Waals surface area contributed by atoms with Gasteiger partial charge in [0.2, 0.25) is 0 Å². The van der Waals surface area contributed by atoms with Gasteiger partial charge >= 0.3 is 12.1 Å². The molecule has 1 N–H and O–H groups in total. The number of hydrogen-bond acceptors (Lipinski definition) is 3. The SMILES string of the molecule is CCOC(Cn1cc(C(F)(F)F)ccc1=O)C(=O)O. The predicted molar refractivity (Wildman–Crippen MR) is 58.8 cm³/mol. The van der Waals surface area contributed by atoms with Gasteiger partial charge in [-0.25, -0.2) is 4.79 Å². The van der Waals surface area contributed by atoms with Crippen LogP contribution in [0.5, 0.6) is 0 Å². The molecule has 0 bridgehead atoms. The van der Waals surface area contributed by atoms with Gasteiger partial charge in [0.1, 0.15) is 0 Å². The number of alkyl halides is 3. The summed E-state index contributed by atoms with van der Waals surface area (Å²) >= 11 is 0. The van der Waals surface area contributed by atoms with Gasteiger partial charge in [0.05, 0.1) is 12.1 Å². The van der Waals surface area contributed by atoms with Gasteiger partial charge in [0, 0.05) is 18.9 Å². The molecule has 1 heterocycles. The van der Waals surface area contributed by atoms with Crippen LogP contribution in [0.15, 0.2) is 23.1 Å². The van der Waals surface area contributed by atoms with Crippen molar-refractivity contribution >= 4 is 5.97 Å². The minimum Gasteiger partial charge on any atom is -0.479 e. The molecule has 0 aliphatic rings. The van der Waals surface area contributed by atoms with E-state index >= 15 is 0 Å². The molecule has 19 heavy (non-hydrogen) atoms. The first kappa shape index (κ1) is 15.2. The van der Waals surface area contributed by atoms with Crippen molar-refractivity contribution in [3.63, 3.8) is 0 Å². The molecular weight excluding hydrogens is 267 g/mol. The highest BCUT2D eigenvalue weighted by atomic mass is 19.4. The largest absolute Gasteiger partial charge is 0.479 e. The van der Waals surface area contributed by atoms with Crippen molar-refractivity contribution < 1.29 is 27.8 Å². The number of carboxylic acid groups (broad SMARTS) is 1. The van der Waals surface area contributed by atoms with Gasteiger partial charge in [-0.1, -0.05) is 0 Å². The van der Waals surface area contributed by atoms with Crippen molar-refractivity contribution in [1.29, 1.82) is 0 Å². The van der Waals surface area contributed by atoms with Gasteiger partial charge in [-0.2, -0.15) is 13.2 Å². The van der Waals surface area contributed by atoms with Gasteiger partial charge in [-0.05, 0) is 13.0 Å². The second-order valence-electron chi connectivity index (χ2n) is 3.69. The van der Waals surface area contributed by atoms with Crippen molar-refractivity contribution in [2.75, 3.05) is 6.61 Å². The van der Waals surface area contributed by atoms with Crippen molar-refractivity contribution in [1.82, 2.24) is 4.57 Å². The maximum atomic E-state index is 12.5. The average molecular weight is 279 g/mol. The molecule has 0 aromatic carbocycles. The third-order valence-electron chi connectivity index (χ3n) is 2.32. The molecule has 0 aliphatic heterocycles. The fourth-order valence-electron chi connectivity index (χ4n) is 1.42. The molecule has 106 valence electrons. The Hall–Kier alpha value is -1.83. The summed E-state index contributed by atoms with van der Waals surface area (Å²) in [6.45, 7) is 1.14. The molecule has 0 radical (unpaired) electrons. The Bertz CT molecular complexity index is 509. The topological polar surface area (TPSA) is 68.5 Å². The second-order valence-corrected chi connectivity index (χ2v) is 3.69. The molecule has 0 saturated heterocycles. The number of hydrogen-bond donors (Lipinski definition) is 1. The van der Waals surface area contributed by atoms with Crippen LogP contribution in [0, 0.1) is 0 Å². The number of aliphatic carboxylic acids is 1. The number of pyridine rings is 1. The fourth-order valence-corrected chi connectivity index (χ4v) is 1.42. The second kappa shape index (κ2) is 5.87. The lowest BCUT2D eigenvalue weighted by molar-refractivity contribution is -0.151. The van der Waals surface area contributed by atoms with Crippen LogP contribution in [0.1, 0.15) is 12.5 Å². The molecule has 1 atom stereocenters. The van der Waals surface area contributed by atoms with E-state index in [2.05, 4.69) is 0 Å². The van der Waals surface area contributed by atoms with Gasteiger partial charge in [0.15, 0.2) is 6.10 Å². The Kier molecular flexibility index (Phi) is 4.71. The molecule has 1 unspecified atom stereocenters. The summed E-state index contributed by atoms with van der Waals surface area (Å²) in [5, 5.41) is 8.82. The van der Waals surface area contributed by atoms with Crippen LogP contribution in [-0.2, 0) is 22.3 Å². The van der Waals surface area contributed by atoms with E-state index in [1.165, 1.54) is 0 Å². The monoisotopic (exact) mass is 279 g/mol. The van der Waals surface area contributed by atoms with E-state index in [0.717, 1.165) is 6.07 Å². The first-order valence-corrected chi connectivity index (χ1v) is 5.37. The molecule has 8 heteroatoms. The van der Waals surface area contributed by atoms with Crippen molar-refractivity contribution in [2.45, 2.75) is 25.7 Å². The van der Waals surface area contributed by atoms with E-state index < -0.39 is 35.9 Å². The molecule has 0 fully saturated rings. The van der Waals surface area contributed by atoms with E-state index in [1.807, 2.05) is 0 Å². The van der Waals surface area contributed by atoms with Crippen LogP contribution in [0.2, 0.25) is 0 Å². The third-order valence-corrected chi connectivity index (χ3v) is 2.32. The Morgan fingerprint density at radius 2 is 2.11 bits per heavy atom. The molecule has 5 nitrogen and oxygen atoms in total. The quantitative estimate of drug-likeness (QED) is 0.883. The summed E-state index contributed by atoms with van der Waals surface area (Å²) in [4.78, 5) is 22.2. The molecule has 0 saturated carbocycles. The van der Waals surface area contributed by atoms with Crippen LogP contribution >= 0.6 is 0 Å². The zero-order valence-electron chi connectivity index (χ0n) is 9.98. The van der Waals surface area contributed by atoms with Gasteiger partial charge in [-0.3, -0.25) is 4.79 Å². The molecule has 0 amide bonds. The Morgan fingerprint density at radius 3 is 2.58 bits per heavy atom. The number of aromatic nitrogens is 1. The van der Waals surface area contributed by atoms with E-state index in [9.17, 15) is 22.8 Å². The highest BCUT2D eigenvalue weighted by Gasteiger charge is 2.31. The summed E-state index contributed by atoms with van der Waals surface area (Å²) in [6.07, 6.45) is -5.39. The Balaban J connectivity index is 3.06. The zero-order valence-corrected chi connectivity index (χ0v) is 9.98. The normalized spacial score (nSPS) is 13.3. The number of carbonyl (C=O) groups is 1. The lowest BCUT2D eigenvalue weighted by Gasteiger charge is -2.15. The minimum absolute atomic E-state index is 0.0741. The van der Waals surface area contributed by atoms with Crippen LogP contribution in [-0.4, -0.2) is 28.4 Å². The van der Waals surface area contributed by atoms with E-state index in [-0.39, 0.29) is 6.61 Å². The van der Waals surface area contributed by atoms with Crippen molar-refractivity contribution in [3.05, 3.63) is 34.2 Å². The summed E-state index contributed by atoms with van der Waals surface area (Å²) < 4.78 is 43.0. The number of nitrogens with zero attached hydrogens (tertiary/aromatic N) is 1. The fraction of sp³-hybridized carbons (Fsp3) is 0.455. The molecule has 0 spiro atoms. The highest BCUT2D eigenvalue weighted by molar-refractivity contribution is 5.72. The first-order chi connectivity index (χ1) is 8.75. The van der Waals surface area contributed by atoms with Crippen LogP contribution in [0.4, 0.5) is 13.2 Å². The molecule has 1 aromatic heterocycles. The lowest BCUT2D eigenvalue weighted by Crippen LogP contribution is -2.34. The Morgan fingerprint density at radius 1 is 1.47 bits per heavy atom. The maximum absolute atomic E-state index is 12.5. The number of ether oxygens (including phenoxy) is 1. The smallest absolute Gasteiger partial charge is 0.417 e. The lowest BCUT2D eigenvalue weighted by atomic mass is 10.2. The molecule has 0 aliphatic carbocycles. The maximum Gasteiger partial charge on any atom is 0.417 e. The predicted octanol–water partition coefficient (Wildman–Crippen LogP) is 1.36. The standard InChI is InChI=1S/C11H12F3NO4/c1-2-19-8(10(17)18)6-15-5-7(11(12,13)14)3-4-9(15)16/h3-5,8H,2,6H2,1H3,(H,17,18). The first-order valence-electron chi connectivity index (χ1n) is 5.37. The molecule has 1 aromatic rings. The average Bonchev–Trinajstić information content (AvgIpc) is 2.29. The minimum atomic E-state index is -4.60. The van der Waals surface area contributed by atoms with Crippen molar-refractivity contribution in [3.8, 4) is 0 Å². The number of halogens is 3. The Labute approximate surface area is 106 Å². The van der Waals surface area contributed by atoms with Gasteiger partial charge < -0.3 is 14.4 Å². The van der Waals surface area contributed by atoms with E-state index in [4.69, 9.17) is 9.84 Å². The summed E-state index contributed by atoms with van der Waals surface area (Å²) in [7, 11) is 0. The highest BCUT2D eigenvalue weighted by Crippen LogP contribution is 2.28. The number of rotatable bonds is 5. The van der Waals surface area contributed by atoms with E-state index in [1.54, 1.807) is 6.92 Å². The third kappa shape index (κ3) is 4.09. The van der Waals surface area contributed by atoms with Crippen LogP contribution in [0.3, 0.4) is 0 Å². The summed E-state index contributed by atoms with van der Waals surface area (Å²) in [5.74, 6) is -1.34. The molecular formula is C11H12F3NO4. The van der Waals surface area contributed by atoms with Gasteiger partial charge in [0.25, 0.3) is 5.56 Å². The van der Waals surface area contributed by atoms with Crippen LogP contribution in [0.25, 0.3) is 0 Å². The summed E-state index contributed by atoms with van der Waals surface area (Å²) in [6, 6.07) is 1.39. The summed E-state index contributed by atoms with van der Waals surface area (Å²) in [5.41, 5.74) is -1.74. The van der Waals surface area contributed by atoms with Crippen molar-refractivity contribution in [2.24, 2.45) is 0 Å². The van der Waals surface area contributed by atoms with E-state index in [0.29, 0.717) is 16.8 Å². The van der Waals surface area contributed by atoms with Gasteiger partial charge in [-0.15, -0.1) is 0 Å². The van der Waals surface area contributed by atoms with Crippen LogP contribution < -0.4 is 5.56 Å². The molecule has 1 rings (SSSR count).